The molecule has 0 saturated heterocycles. The molecule has 1 aromatic carbocycles. The highest BCUT2D eigenvalue weighted by Crippen LogP contribution is 2.28. The van der Waals surface area contributed by atoms with Gasteiger partial charge in [0.25, 0.3) is 0 Å². The number of ether oxygens (including phenoxy) is 1. The Hall–Kier alpha value is -1.71. The van der Waals surface area contributed by atoms with Crippen LogP contribution in [-0.2, 0) is 0 Å². The van der Waals surface area contributed by atoms with Gasteiger partial charge in [-0.3, -0.25) is 0 Å². The number of rotatable bonds is 4. The molecule has 3 N–H and O–H groups in total. The first-order chi connectivity index (χ1) is 7.81. The molecule has 0 aromatic heterocycles. The zero-order valence-corrected chi connectivity index (χ0v) is 9.10. The van der Waals surface area contributed by atoms with E-state index in [2.05, 4.69) is 5.16 Å². The lowest BCUT2D eigenvalue weighted by molar-refractivity contribution is 0.180. The maximum Gasteiger partial charge on any atom is 0.173 e. The molecule has 1 aromatic rings. The molecule has 16 heavy (non-hydrogen) atoms. The van der Waals surface area contributed by atoms with E-state index in [0.717, 1.165) is 6.61 Å². The van der Waals surface area contributed by atoms with Crippen molar-refractivity contribution in [3.05, 3.63) is 29.8 Å². The molecule has 1 fully saturated rings. The molecule has 2 rings (SSSR count). The number of nitrogens with two attached hydrogens (primary N) is 1. The first-order valence-corrected chi connectivity index (χ1v) is 5.51. The van der Waals surface area contributed by atoms with E-state index >= 15 is 0 Å². The van der Waals surface area contributed by atoms with Crippen LogP contribution in [0.15, 0.2) is 29.4 Å². The van der Waals surface area contributed by atoms with Crippen LogP contribution in [0.3, 0.4) is 0 Å². The molecular weight excluding hydrogens is 204 g/mol. The lowest BCUT2D eigenvalue weighted by Gasteiger charge is -2.25. The van der Waals surface area contributed by atoms with Gasteiger partial charge < -0.3 is 15.7 Å². The molecule has 0 radical (unpaired) electrons. The maximum absolute atomic E-state index is 8.65. The minimum absolute atomic E-state index is 0.0872. The molecule has 86 valence electrons. The predicted molar refractivity (Wildman–Crippen MR) is 61.8 cm³/mol. The SMILES string of the molecule is NC(=NO)c1ccccc1OCC1CCC1. The molecule has 0 amide bonds. The summed E-state index contributed by atoms with van der Waals surface area (Å²) in [4.78, 5) is 0. The van der Waals surface area contributed by atoms with Crippen molar-refractivity contribution in [1.82, 2.24) is 0 Å². The maximum atomic E-state index is 8.65. The van der Waals surface area contributed by atoms with Gasteiger partial charge in [0.2, 0.25) is 0 Å². The fraction of sp³-hybridized carbons (Fsp3) is 0.417. The van der Waals surface area contributed by atoms with E-state index in [-0.39, 0.29) is 5.84 Å². The second kappa shape index (κ2) is 4.88. The van der Waals surface area contributed by atoms with Gasteiger partial charge in [0, 0.05) is 0 Å². The largest absolute Gasteiger partial charge is 0.493 e. The van der Waals surface area contributed by atoms with E-state index in [4.69, 9.17) is 15.7 Å². The average molecular weight is 220 g/mol. The molecular formula is C12H16N2O2. The summed E-state index contributed by atoms with van der Waals surface area (Å²) in [5.41, 5.74) is 6.21. The predicted octanol–water partition coefficient (Wildman–Crippen LogP) is 1.96. The van der Waals surface area contributed by atoms with Crippen LogP contribution in [0.25, 0.3) is 0 Å². The Labute approximate surface area is 94.7 Å². The Morgan fingerprint density at radius 1 is 1.44 bits per heavy atom. The lowest BCUT2D eigenvalue weighted by atomic mass is 9.86. The van der Waals surface area contributed by atoms with E-state index < -0.39 is 0 Å². The lowest BCUT2D eigenvalue weighted by Crippen LogP contribution is -2.21. The standard InChI is InChI=1S/C12H16N2O2/c13-12(14-15)10-6-1-2-7-11(10)16-8-9-4-3-5-9/h1-2,6-7,9,15H,3-5,8H2,(H2,13,14). The number of amidine groups is 1. The van der Waals surface area contributed by atoms with Gasteiger partial charge in [0.05, 0.1) is 12.2 Å². The molecule has 4 nitrogen and oxygen atoms in total. The van der Waals surface area contributed by atoms with Crippen LogP contribution in [0.2, 0.25) is 0 Å². The number of hydrogen-bond donors (Lipinski definition) is 2. The Kier molecular flexibility index (Phi) is 3.29. The van der Waals surface area contributed by atoms with Crippen molar-refractivity contribution in [2.75, 3.05) is 6.61 Å². The molecule has 0 bridgehead atoms. The highest BCUT2D eigenvalue weighted by Gasteiger charge is 2.18. The van der Waals surface area contributed by atoms with E-state index in [1.54, 1.807) is 6.07 Å². The topological polar surface area (TPSA) is 67.8 Å². The first kappa shape index (κ1) is 10.8. The second-order valence-electron chi connectivity index (χ2n) is 4.09. The summed E-state index contributed by atoms with van der Waals surface area (Å²) in [6.45, 7) is 0.718. The Bertz CT molecular complexity index is 386. The van der Waals surface area contributed by atoms with Gasteiger partial charge in [-0.25, -0.2) is 0 Å². The average Bonchev–Trinajstić information content (AvgIpc) is 2.26. The number of oxime groups is 1. The number of para-hydroxylation sites is 1. The fourth-order valence-electron chi connectivity index (χ4n) is 1.73. The van der Waals surface area contributed by atoms with E-state index in [9.17, 15) is 0 Å². The third-order valence-corrected chi connectivity index (χ3v) is 2.97. The molecule has 0 atom stereocenters. The van der Waals surface area contributed by atoms with Crippen LogP contribution in [-0.4, -0.2) is 17.6 Å². The second-order valence-corrected chi connectivity index (χ2v) is 4.09. The van der Waals surface area contributed by atoms with Crippen LogP contribution in [0.4, 0.5) is 0 Å². The highest BCUT2D eigenvalue weighted by atomic mass is 16.5. The molecule has 0 aliphatic heterocycles. The van der Waals surface area contributed by atoms with Crippen molar-refractivity contribution < 1.29 is 9.94 Å². The summed E-state index contributed by atoms with van der Waals surface area (Å²) in [7, 11) is 0. The number of hydrogen-bond acceptors (Lipinski definition) is 3. The summed E-state index contributed by atoms with van der Waals surface area (Å²) < 4.78 is 5.69. The Morgan fingerprint density at radius 3 is 2.81 bits per heavy atom. The summed E-state index contributed by atoms with van der Waals surface area (Å²) in [6.07, 6.45) is 3.79. The Balaban J connectivity index is 2.06. The van der Waals surface area contributed by atoms with E-state index in [0.29, 0.717) is 17.2 Å². The smallest absolute Gasteiger partial charge is 0.173 e. The van der Waals surface area contributed by atoms with Gasteiger partial charge >= 0.3 is 0 Å². The van der Waals surface area contributed by atoms with Gasteiger partial charge in [-0.1, -0.05) is 23.7 Å². The van der Waals surface area contributed by atoms with Gasteiger partial charge in [0.1, 0.15) is 5.75 Å². The third-order valence-electron chi connectivity index (χ3n) is 2.97. The van der Waals surface area contributed by atoms with Gasteiger partial charge in [-0.15, -0.1) is 0 Å². The summed E-state index contributed by atoms with van der Waals surface area (Å²) in [6, 6.07) is 7.34. The van der Waals surface area contributed by atoms with Crippen molar-refractivity contribution in [3.63, 3.8) is 0 Å². The normalized spacial score (nSPS) is 16.9. The van der Waals surface area contributed by atoms with Gasteiger partial charge in [-0.05, 0) is 30.9 Å². The molecule has 0 spiro atoms. The quantitative estimate of drug-likeness (QED) is 0.353. The monoisotopic (exact) mass is 220 g/mol. The number of benzene rings is 1. The summed E-state index contributed by atoms with van der Waals surface area (Å²) in [5.74, 6) is 1.44. The summed E-state index contributed by atoms with van der Waals surface area (Å²) >= 11 is 0. The van der Waals surface area contributed by atoms with Crippen LogP contribution < -0.4 is 10.5 Å². The first-order valence-electron chi connectivity index (χ1n) is 5.51. The minimum atomic E-state index is 0.0872. The molecule has 0 heterocycles. The third kappa shape index (κ3) is 2.27. The zero-order valence-electron chi connectivity index (χ0n) is 9.10. The molecule has 1 saturated carbocycles. The van der Waals surface area contributed by atoms with Crippen LogP contribution in [0, 0.1) is 5.92 Å². The highest BCUT2D eigenvalue weighted by molar-refractivity contribution is 5.99. The van der Waals surface area contributed by atoms with Gasteiger partial charge in [0.15, 0.2) is 5.84 Å². The molecule has 4 heteroatoms. The zero-order chi connectivity index (χ0) is 11.4. The van der Waals surface area contributed by atoms with Crippen LogP contribution >= 0.6 is 0 Å². The van der Waals surface area contributed by atoms with Gasteiger partial charge in [-0.2, -0.15) is 0 Å². The Morgan fingerprint density at radius 2 is 2.19 bits per heavy atom. The van der Waals surface area contributed by atoms with Crippen molar-refractivity contribution in [3.8, 4) is 5.75 Å². The van der Waals surface area contributed by atoms with Crippen molar-refractivity contribution in [2.24, 2.45) is 16.8 Å². The minimum Gasteiger partial charge on any atom is -0.493 e. The molecule has 0 unspecified atom stereocenters. The summed E-state index contributed by atoms with van der Waals surface area (Å²) in [5, 5.41) is 11.6. The fourth-order valence-corrected chi connectivity index (χ4v) is 1.73. The van der Waals surface area contributed by atoms with Crippen molar-refractivity contribution in [1.29, 1.82) is 0 Å². The van der Waals surface area contributed by atoms with Crippen molar-refractivity contribution in [2.45, 2.75) is 19.3 Å². The van der Waals surface area contributed by atoms with Crippen LogP contribution in [0.1, 0.15) is 24.8 Å². The van der Waals surface area contributed by atoms with E-state index in [1.165, 1.54) is 19.3 Å². The van der Waals surface area contributed by atoms with Crippen LogP contribution in [0.5, 0.6) is 5.75 Å². The van der Waals surface area contributed by atoms with Crippen molar-refractivity contribution >= 4 is 5.84 Å². The van der Waals surface area contributed by atoms with E-state index in [1.807, 2.05) is 18.2 Å². The molecule has 1 aliphatic rings. The molecule has 1 aliphatic carbocycles. The number of nitrogens with zero attached hydrogens (tertiary/aromatic N) is 1.